The first-order chi connectivity index (χ1) is 9.95. The van der Waals surface area contributed by atoms with E-state index in [0.29, 0.717) is 22.5 Å². The van der Waals surface area contributed by atoms with E-state index >= 15 is 0 Å². The summed E-state index contributed by atoms with van der Waals surface area (Å²) in [6.45, 7) is -0.426. The molecule has 0 fully saturated rings. The summed E-state index contributed by atoms with van der Waals surface area (Å²) in [5.74, 6) is -2.32. The van der Waals surface area contributed by atoms with E-state index in [9.17, 15) is 13.6 Å². The minimum absolute atomic E-state index is 0.206. The van der Waals surface area contributed by atoms with Crippen LogP contribution in [0.5, 0.6) is 5.75 Å². The second-order valence-electron chi connectivity index (χ2n) is 4.15. The second-order valence-corrected chi connectivity index (χ2v) is 4.56. The average molecular weight is 313 g/mol. The smallest absolute Gasteiger partial charge is 0.262 e. The van der Waals surface area contributed by atoms with Gasteiger partial charge in [-0.05, 0) is 30.3 Å². The van der Waals surface area contributed by atoms with Crippen LogP contribution < -0.4 is 15.8 Å². The molecule has 0 heterocycles. The van der Waals surface area contributed by atoms with Crippen LogP contribution in [-0.2, 0) is 4.79 Å². The zero-order chi connectivity index (χ0) is 15.4. The van der Waals surface area contributed by atoms with Crippen LogP contribution >= 0.6 is 11.6 Å². The number of carbonyl (C=O) groups is 1. The number of nitrogens with one attached hydrogen (secondary N) is 1. The van der Waals surface area contributed by atoms with Gasteiger partial charge in [0.25, 0.3) is 5.91 Å². The maximum Gasteiger partial charge on any atom is 0.262 e. The molecule has 4 nitrogen and oxygen atoms in total. The Kier molecular flexibility index (Phi) is 4.59. The van der Waals surface area contributed by atoms with E-state index < -0.39 is 24.1 Å². The molecule has 2 aromatic carbocycles. The minimum atomic E-state index is -0.876. The number of benzene rings is 2. The molecule has 7 heteroatoms. The van der Waals surface area contributed by atoms with E-state index in [1.807, 2.05) is 0 Å². The van der Waals surface area contributed by atoms with Crippen LogP contribution in [0.2, 0.25) is 5.02 Å². The Hall–Kier alpha value is -2.34. The Morgan fingerprint density at radius 3 is 2.67 bits per heavy atom. The van der Waals surface area contributed by atoms with Crippen molar-refractivity contribution in [1.82, 2.24) is 0 Å². The molecule has 0 bridgehead atoms. The number of halogens is 3. The third-order valence-electron chi connectivity index (χ3n) is 2.53. The van der Waals surface area contributed by atoms with Crippen molar-refractivity contribution in [2.75, 3.05) is 17.7 Å². The van der Waals surface area contributed by atoms with Gasteiger partial charge in [-0.25, -0.2) is 8.78 Å². The standard InChI is InChI=1S/C14H11ClF2N2O2/c15-10-3-2-9(6-12(10)18)19-14(20)7-21-13-4-1-8(16)5-11(13)17/h1-6H,7,18H2,(H,19,20). The van der Waals surface area contributed by atoms with Gasteiger partial charge >= 0.3 is 0 Å². The lowest BCUT2D eigenvalue weighted by Gasteiger charge is -2.09. The van der Waals surface area contributed by atoms with Crippen LogP contribution in [0.25, 0.3) is 0 Å². The third-order valence-corrected chi connectivity index (χ3v) is 2.88. The first-order valence-electron chi connectivity index (χ1n) is 5.88. The van der Waals surface area contributed by atoms with Gasteiger partial charge in [0.2, 0.25) is 0 Å². The minimum Gasteiger partial charge on any atom is -0.481 e. The monoisotopic (exact) mass is 312 g/mol. The maximum atomic E-state index is 13.3. The van der Waals surface area contributed by atoms with Crippen LogP contribution in [-0.4, -0.2) is 12.5 Å². The van der Waals surface area contributed by atoms with Gasteiger partial charge in [0, 0.05) is 11.8 Å². The Labute approximate surface area is 124 Å². The number of nitrogens with two attached hydrogens (primary N) is 1. The van der Waals surface area contributed by atoms with Gasteiger partial charge in [0.1, 0.15) is 5.82 Å². The lowest BCUT2D eigenvalue weighted by molar-refractivity contribution is -0.118. The van der Waals surface area contributed by atoms with Crippen LogP contribution in [0.1, 0.15) is 0 Å². The molecule has 0 unspecified atom stereocenters. The Balaban J connectivity index is 1.94. The molecule has 0 atom stereocenters. The van der Waals surface area contributed by atoms with Gasteiger partial charge in [-0.1, -0.05) is 11.6 Å². The van der Waals surface area contributed by atoms with Crippen molar-refractivity contribution in [1.29, 1.82) is 0 Å². The highest BCUT2D eigenvalue weighted by atomic mass is 35.5. The van der Waals surface area contributed by atoms with Gasteiger partial charge in [-0.15, -0.1) is 0 Å². The number of rotatable bonds is 4. The first-order valence-corrected chi connectivity index (χ1v) is 6.26. The SMILES string of the molecule is Nc1cc(NC(=O)COc2ccc(F)cc2F)ccc1Cl. The molecule has 21 heavy (non-hydrogen) atoms. The number of amides is 1. The van der Waals surface area contributed by atoms with E-state index in [2.05, 4.69) is 5.32 Å². The molecule has 0 saturated carbocycles. The highest BCUT2D eigenvalue weighted by Crippen LogP contribution is 2.22. The number of carbonyl (C=O) groups excluding carboxylic acids is 1. The van der Waals surface area contributed by atoms with Gasteiger partial charge in [-0.3, -0.25) is 4.79 Å². The van der Waals surface area contributed by atoms with Gasteiger partial charge in [0.15, 0.2) is 18.2 Å². The summed E-state index contributed by atoms with van der Waals surface area (Å²) in [7, 11) is 0. The van der Waals surface area contributed by atoms with Crippen molar-refractivity contribution in [2.24, 2.45) is 0 Å². The van der Waals surface area contributed by atoms with E-state index in [0.717, 1.165) is 12.1 Å². The zero-order valence-corrected chi connectivity index (χ0v) is 11.5. The Morgan fingerprint density at radius 2 is 2.00 bits per heavy atom. The molecule has 110 valence electrons. The fourth-order valence-corrected chi connectivity index (χ4v) is 1.67. The van der Waals surface area contributed by atoms with E-state index in [1.165, 1.54) is 12.1 Å². The maximum absolute atomic E-state index is 13.3. The van der Waals surface area contributed by atoms with Crippen LogP contribution in [0.4, 0.5) is 20.2 Å². The van der Waals surface area contributed by atoms with Gasteiger partial charge in [0.05, 0.1) is 10.7 Å². The molecule has 0 spiro atoms. The van der Waals surface area contributed by atoms with Gasteiger partial charge in [-0.2, -0.15) is 0 Å². The number of hydrogen-bond acceptors (Lipinski definition) is 3. The number of nitrogen functional groups attached to an aromatic ring is 1. The second kappa shape index (κ2) is 6.41. The molecule has 2 rings (SSSR count). The zero-order valence-electron chi connectivity index (χ0n) is 10.7. The predicted molar refractivity (Wildman–Crippen MR) is 76.3 cm³/mol. The van der Waals surface area contributed by atoms with Crippen molar-refractivity contribution >= 4 is 28.9 Å². The number of anilines is 2. The molecular weight excluding hydrogens is 302 g/mol. The summed E-state index contributed by atoms with van der Waals surface area (Å²) in [6, 6.07) is 7.41. The molecule has 0 radical (unpaired) electrons. The highest BCUT2D eigenvalue weighted by molar-refractivity contribution is 6.33. The first kappa shape index (κ1) is 15.1. The third kappa shape index (κ3) is 4.06. The van der Waals surface area contributed by atoms with Crippen molar-refractivity contribution in [3.05, 3.63) is 53.1 Å². The summed E-state index contributed by atoms with van der Waals surface area (Å²) in [6.07, 6.45) is 0. The fourth-order valence-electron chi connectivity index (χ4n) is 1.55. The van der Waals surface area contributed by atoms with Crippen molar-refractivity contribution in [3.63, 3.8) is 0 Å². The Bertz CT molecular complexity index is 680. The van der Waals surface area contributed by atoms with Crippen molar-refractivity contribution in [2.45, 2.75) is 0 Å². The molecule has 0 saturated heterocycles. The summed E-state index contributed by atoms with van der Waals surface area (Å²) < 4.78 is 31.0. The normalized spacial score (nSPS) is 10.2. The fraction of sp³-hybridized carbons (Fsp3) is 0.0714. The van der Waals surface area contributed by atoms with Crippen LogP contribution in [0.3, 0.4) is 0 Å². The molecule has 0 aromatic heterocycles. The topological polar surface area (TPSA) is 64.3 Å². The molecule has 3 N–H and O–H groups in total. The summed E-state index contributed by atoms with van der Waals surface area (Å²) in [5, 5.41) is 2.88. The molecule has 2 aromatic rings. The largest absolute Gasteiger partial charge is 0.481 e. The van der Waals surface area contributed by atoms with Gasteiger partial charge < -0.3 is 15.8 Å². The van der Waals surface area contributed by atoms with E-state index in [1.54, 1.807) is 6.07 Å². The predicted octanol–water partition coefficient (Wildman–Crippen LogP) is 3.22. The molecular formula is C14H11ClF2N2O2. The molecule has 0 aliphatic rings. The lowest BCUT2D eigenvalue weighted by atomic mass is 10.3. The van der Waals surface area contributed by atoms with Crippen LogP contribution in [0, 0.1) is 11.6 Å². The Morgan fingerprint density at radius 1 is 1.24 bits per heavy atom. The summed E-state index contributed by atoms with van der Waals surface area (Å²) in [4.78, 5) is 11.7. The van der Waals surface area contributed by atoms with Crippen molar-refractivity contribution in [3.8, 4) is 5.75 Å². The molecule has 1 amide bonds. The van der Waals surface area contributed by atoms with E-state index in [-0.39, 0.29) is 5.75 Å². The van der Waals surface area contributed by atoms with Crippen LogP contribution in [0.15, 0.2) is 36.4 Å². The number of hydrogen-bond donors (Lipinski definition) is 2. The highest BCUT2D eigenvalue weighted by Gasteiger charge is 2.09. The molecule has 0 aliphatic carbocycles. The average Bonchev–Trinajstić information content (AvgIpc) is 2.42. The van der Waals surface area contributed by atoms with E-state index in [4.69, 9.17) is 22.1 Å². The lowest BCUT2D eigenvalue weighted by Crippen LogP contribution is -2.20. The quantitative estimate of drug-likeness (QED) is 0.852. The summed E-state index contributed by atoms with van der Waals surface area (Å²) in [5.41, 5.74) is 6.35. The number of ether oxygens (including phenoxy) is 1. The van der Waals surface area contributed by atoms with Crippen molar-refractivity contribution < 1.29 is 18.3 Å². The molecule has 0 aliphatic heterocycles. The summed E-state index contributed by atoms with van der Waals surface area (Å²) >= 11 is 5.75.